The number of ether oxygens (including phenoxy) is 2. The molecule has 0 bridgehead atoms. The summed E-state index contributed by atoms with van der Waals surface area (Å²) >= 11 is 0. The number of aromatic amines is 1. The van der Waals surface area contributed by atoms with E-state index in [0.29, 0.717) is 30.0 Å². The monoisotopic (exact) mass is 549 g/mol. The Labute approximate surface area is 222 Å². The molecule has 1 aliphatic rings. The number of H-pyrrole nitrogens is 1. The number of aryl methyl sites for hydroxylation is 1. The number of hydrogen-bond donors (Lipinski definition) is 2. The summed E-state index contributed by atoms with van der Waals surface area (Å²) in [5, 5.41) is 2.62. The Morgan fingerprint density at radius 3 is 2.42 bits per heavy atom. The summed E-state index contributed by atoms with van der Waals surface area (Å²) in [7, 11) is -0.849. The van der Waals surface area contributed by atoms with E-state index < -0.39 is 45.7 Å². The lowest BCUT2D eigenvalue weighted by Gasteiger charge is -2.27. The Balaban J connectivity index is 1.78. The van der Waals surface area contributed by atoms with Crippen molar-refractivity contribution in [2.75, 3.05) is 20.6 Å². The van der Waals surface area contributed by atoms with E-state index in [1.54, 1.807) is 66.1 Å². The van der Waals surface area contributed by atoms with Gasteiger partial charge in [-0.1, -0.05) is 12.1 Å². The van der Waals surface area contributed by atoms with Crippen molar-refractivity contribution in [2.24, 2.45) is 0 Å². The molecule has 0 unspecified atom stereocenters. The zero-order valence-electron chi connectivity index (χ0n) is 22.5. The molecule has 1 fully saturated rings. The lowest BCUT2D eigenvalue weighted by Crippen LogP contribution is -2.52. The van der Waals surface area contributed by atoms with E-state index >= 15 is 0 Å². The van der Waals surface area contributed by atoms with Crippen molar-refractivity contribution in [1.82, 2.24) is 24.5 Å². The standard InChI is InChI=1S/C25H35N5O7S/c1-16-26-15-21(27-16)38(34,35)30-13-7-8-20(30)22(31)28-19(23(32)37-25(2,3)4)14-17-9-11-18(12-10-17)36-24(33)29(5)6/h9-12,15,19-20H,7-8,13-14H2,1-6H3,(H,26,27)(H,28,31)/t19-,20-/m0/s1. The van der Waals surface area contributed by atoms with Gasteiger partial charge in [-0.3, -0.25) is 4.79 Å². The van der Waals surface area contributed by atoms with E-state index in [4.69, 9.17) is 9.47 Å². The number of benzene rings is 1. The number of nitrogens with zero attached hydrogens (tertiary/aromatic N) is 3. The van der Waals surface area contributed by atoms with E-state index in [9.17, 15) is 22.8 Å². The maximum atomic E-state index is 13.3. The van der Waals surface area contributed by atoms with Gasteiger partial charge in [0.25, 0.3) is 10.0 Å². The van der Waals surface area contributed by atoms with Crippen molar-refractivity contribution in [1.29, 1.82) is 0 Å². The molecule has 3 rings (SSSR count). The fourth-order valence-corrected chi connectivity index (χ4v) is 5.52. The van der Waals surface area contributed by atoms with Crippen LogP contribution in [0.15, 0.2) is 35.5 Å². The Bertz CT molecular complexity index is 1270. The molecule has 1 aliphatic heterocycles. The van der Waals surface area contributed by atoms with Gasteiger partial charge in [0.05, 0.1) is 6.20 Å². The third kappa shape index (κ3) is 7.32. The van der Waals surface area contributed by atoms with Crippen molar-refractivity contribution in [2.45, 2.75) is 69.7 Å². The lowest BCUT2D eigenvalue weighted by molar-refractivity contribution is -0.158. The Hall–Kier alpha value is -3.45. The molecule has 1 aromatic heterocycles. The molecule has 13 heteroatoms. The fourth-order valence-electron chi connectivity index (χ4n) is 3.90. The van der Waals surface area contributed by atoms with Crippen LogP contribution in [0.3, 0.4) is 0 Å². The third-order valence-corrected chi connectivity index (χ3v) is 7.53. The molecule has 2 heterocycles. The van der Waals surface area contributed by atoms with Crippen molar-refractivity contribution >= 4 is 28.0 Å². The summed E-state index contributed by atoms with van der Waals surface area (Å²) in [6.07, 6.45) is 1.58. The first kappa shape index (κ1) is 29.1. The summed E-state index contributed by atoms with van der Waals surface area (Å²) in [5.41, 5.74) is -0.124. The Kier molecular flexibility index (Phi) is 8.82. The normalized spacial score (nSPS) is 17.1. The average Bonchev–Trinajstić information content (AvgIpc) is 3.48. The van der Waals surface area contributed by atoms with Crippen LogP contribution in [-0.4, -0.2) is 83.9 Å². The molecule has 2 atom stereocenters. The highest BCUT2D eigenvalue weighted by Gasteiger charge is 2.41. The number of nitrogens with one attached hydrogen (secondary N) is 2. The maximum absolute atomic E-state index is 13.3. The minimum absolute atomic E-state index is 0.0851. The molecule has 1 aromatic carbocycles. The summed E-state index contributed by atoms with van der Waals surface area (Å²) in [6, 6.07) is 4.46. The molecular formula is C25H35N5O7S. The van der Waals surface area contributed by atoms with Gasteiger partial charge in [-0.05, 0) is 58.2 Å². The van der Waals surface area contributed by atoms with Gasteiger partial charge in [-0.25, -0.2) is 23.0 Å². The highest BCUT2D eigenvalue weighted by atomic mass is 32.2. The largest absolute Gasteiger partial charge is 0.458 e. The zero-order valence-corrected chi connectivity index (χ0v) is 23.3. The highest BCUT2D eigenvalue weighted by molar-refractivity contribution is 7.89. The van der Waals surface area contributed by atoms with Crippen molar-refractivity contribution < 1.29 is 32.3 Å². The number of imidazole rings is 1. The molecule has 1 saturated heterocycles. The van der Waals surface area contributed by atoms with Crippen LogP contribution in [0.1, 0.15) is 45.0 Å². The van der Waals surface area contributed by atoms with E-state index in [1.165, 1.54) is 11.1 Å². The molecule has 0 saturated carbocycles. The predicted octanol–water partition coefficient (Wildman–Crippen LogP) is 2.00. The number of carbonyl (C=O) groups is 3. The second kappa shape index (κ2) is 11.5. The molecule has 2 amide bonds. The van der Waals surface area contributed by atoms with Crippen LogP contribution < -0.4 is 10.1 Å². The van der Waals surface area contributed by atoms with Crippen LogP contribution in [0.25, 0.3) is 0 Å². The number of sulfonamides is 1. The van der Waals surface area contributed by atoms with Crippen molar-refractivity contribution in [3.05, 3.63) is 41.9 Å². The van der Waals surface area contributed by atoms with Crippen LogP contribution >= 0.6 is 0 Å². The third-order valence-electron chi connectivity index (χ3n) is 5.71. The summed E-state index contributed by atoms with van der Waals surface area (Å²) in [5.74, 6) is -0.470. The first-order chi connectivity index (χ1) is 17.7. The van der Waals surface area contributed by atoms with Crippen LogP contribution in [0.5, 0.6) is 5.75 Å². The van der Waals surface area contributed by atoms with Crippen LogP contribution in [0.4, 0.5) is 4.79 Å². The number of esters is 1. The van der Waals surface area contributed by atoms with Crippen molar-refractivity contribution in [3.63, 3.8) is 0 Å². The summed E-state index contributed by atoms with van der Waals surface area (Å²) in [6.45, 7) is 6.96. The van der Waals surface area contributed by atoms with E-state index in [2.05, 4.69) is 15.3 Å². The van der Waals surface area contributed by atoms with Crippen molar-refractivity contribution in [3.8, 4) is 5.75 Å². The smallest absolute Gasteiger partial charge is 0.414 e. The molecule has 38 heavy (non-hydrogen) atoms. The molecule has 208 valence electrons. The molecule has 2 N–H and O–H groups in total. The van der Waals surface area contributed by atoms with Crippen LogP contribution in [0.2, 0.25) is 0 Å². The number of amides is 2. The molecular weight excluding hydrogens is 514 g/mol. The van der Waals surface area contributed by atoms with Gasteiger partial charge in [-0.15, -0.1) is 0 Å². The van der Waals surface area contributed by atoms with Crippen LogP contribution in [0, 0.1) is 6.92 Å². The zero-order chi connectivity index (χ0) is 28.3. The second-order valence-corrected chi connectivity index (χ2v) is 12.2. The molecule has 0 aliphatic carbocycles. The van der Waals surface area contributed by atoms with Crippen LogP contribution in [-0.2, 0) is 30.8 Å². The van der Waals surface area contributed by atoms with E-state index in [1.807, 2.05) is 0 Å². The predicted molar refractivity (Wildman–Crippen MR) is 138 cm³/mol. The molecule has 2 aromatic rings. The number of carbonyl (C=O) groups excluding carboxylic acids is 3. The van der Waals surface area contributed by atoms with Gasteiger partial charge in [0.15, 0.2) is 5.03 Å². The molecule has 0 radical (unpaired) electrons. The Morgan fingerprint density at radius 1 is 1.21 bits per heavy atom. The minimum Gasteiger partial charge on any atom is -0.458 e. The quantitative estimate of drug-likeness (QED) is 0.475. The summed E-state index contributed by atoms with van der Waals surface area (Å²) in [4.78, 5) is 46.1. The fraction of sp³-hybridized carbons (Fsp3) is 0.520. The first-order valence-corrected chi connectivity index (χ1v) is 13.7. The number of rotatable bonds is 8. The van der Waals surface area contributed by atoms with E-state index in [0.717, 1.165) is 4.31 Å². The second-order valence-electron chi connectivity index (χ2n) is 10.3. The van der Waals surface area contributed by atoms with Gasteiger partial charge in [-0.2, -0.15) is 4.31 Å². The van der Waals surface area contributed by atoms with Gasteiger partial charge in [0.1, 0.15) is 29.3 Å². The summed E-state index contributed by atoms with van der Waals surface area (Å²) < 4.78 is 38.2. The Morgan fingerprint density at radius 2 is 1.87 bits per heavy atom. The van der Waals surface area contributed by atoms with Gasteiger partial charge in [0.2, 0.25) is 5.91 Å². The number of hydrogen-bond acceptors (Lipinski definition) is 8. The van der Waals surface area contributed by atoms with Gasteiger partial charge < -0.3 is 24.7 Å². The first-order valence-electron chi connectivity index (χ1n) is 12.2. The SMILES string of the molecule is Cc1ncc(S(=O)(=O)N2CCC[C@H]2C(=O)N[C@@H](Cc2ccc(OC(=O)N(C)C)cc2)C(=O)OC(C)(C)C)[nH]1. The molecule has 0 spiro atoms. The minimum atomic E-state index is -3.98. The van der Waals surface area contributed by atoms with E-state index in [-0.39, 0.29) is 18.0 Å². The topological polar surface area (TPSA) is 151 Å². The average molecular weight is 550 g/mol. The van der Waals surface area contributed by atoms with Gasteiger partial charge >= 0.3 is 12.1 Å². The maximum Gasteiger partial charge on any atom is 0.414 e. The highest BCUT2D eigenvalue weighted by Crippen LogP contribution is 2.26. The number of aromatic nitrogens is 2. The van der Waals surface area contributed by atoms with Gasteiger partial charge in [0, 0.05) is 27.1 Å². The lowest BCUT2D eigenvalue weighted by atomic mass is 10.0. The molecule has 12 nitrogen and oxygen atoms in total.